The molecule has 2 rings (SSSR count). The summed E-state index contributed by atoms with van der Waals surface area (Å²) in [6, 6.07) is 0. The van der Waals surface area contributed by atoms with E-state index in [0.29, 0.717) is 47.8 Å². The third kappa shape index (κ3) is 3.38. The first-order chi connectivity index (χ1) is 9.13. The molecule has 1 atom stereocenters. The van der Waals surface area contributed by atoms with E-state index in [-0.39, 0.29) is 5.91 Å². The number of likely N-dealkylation sites (tertiary alicyclic amines) is 1. The van der Waals surface area contributed by atoms with Crippen molar-refractivity contribution in [1.82, 2.24) is 9.88 Å². The number of ether oxygens (including phenoxy) is 1. The van der Waals surface area contributed by atoms with Gasteiger partial charge in [0.1, 0.15) is 0 Å². The van der Waals surface area contributed by atoms with Crippen molar-refractivity contribution < 1.29 is 9.53 Å². The van der Waals surface area contributed by atoms with Gasteiger partial charge in [0, 0.05) is 38.0 Å². The van der Waals surface area contributed by atoms with Gasteiger partial charge in [-0.3, -0.25) is 9.78 Å². The van der Waals surface area contributed by atoms with Crippen LogP contribution in [-0.4, -0.2) is 42.1 Å². The highest BCUT2D eigenvalue weighted by Gasteiger charge is 2.29. The number of rotatable bonds is 4. The molecule has 0 saturated carbocycles. The zero-order valence-corrected chi connectivity index (χ0v) is 12.2. The number of nitrogens with zero attached hydrogens (tertiary/aromatic N) is 2. The number of aromatic nitrogens is 1. The number of amides is 1. The lowest BCUT2D eigenvalue weighted by Gasteiger charge is -2.18. The third-order valence-corrected chi connectivity index (χ3v) is 3.77. The number of hydrogen-bond donors (Lipinski definition) is 0. The average molecular weight is 303 g/mol. The van der Waals surface area contributed by atoms with Crippen molar-refractivity contribution in [2.24, 2.45) is 5.92 Å². The first-order valence-electron chi connectivity index (χ1n) is 6.29. The molecule has 19 heavy (non-hydrogen) atoms. The summed E-state index contributed by atoms with van der Waals surface area (Å²) in [5.74, 6) is 0.264. The molecule has 4 nitrogen and oxygen atoms in total. The summed E-state index contributed by atoms with van der Waals surface area (Å²) in [4.78, 5) is 18.0. The van der Waals surface area contributed by atoms with E-state index in [2.05, 4.69) is 4.98 Å². The SMILES string of the molecule is CCOCC1CCN(C(=O)c2c(Cl)cncc2Cl)C1. The van der Waals surface area contributed by atoms with Gasteiger partial charge < -0.3 is 9.64 Å². The van der Waals surface area contributed by atoms with Crippen LogP contribution in [0.4, 0.5) is 0 Å². The topological polar surface area (TPSA) is 42.4 Å². The summed E-state index contributed by atoms with van der Waals surface area (Å²) >= 11 is 12.0. The molecule has 0 aromatic carbocycles. The molecule has 2 heterocycles. The smallest absolute Gasteiger partial charge is 0.257 e. The maximum Gasteiger partial charge on any atom is 0.257 e. The van der Waals surface area contributed by atoms with Gasteiger partial charge in [-0.05, 0) is 13.3 Å². The second-order valence-corrected chi connectivity index (χ2v) is 5.36. The van der Waals surface area contributed by atoms with Crippen LogP contribution in [0, 0.1) is 5.92 Å². The number of pyridine rings is 1. The van der Waals surface area contributed by atoms with Gasteiger partial charge >= 0.3 is 0 Å². The fraction of sp³-hybridized carbons (Fsp3) is 0.538. The van der Waals surface area contributed by atoms with Gasteiger partial charge in [0.25, 0.3) is 5.91 Å². The van der Waals surface area contributed by atoms with E-state index in [0.717, 1.165) is 6.42 Å². The number of carbonyl (C=O) groups excluding carboxylic acids is 1. The molecule has 6 heteroatoms. The second kappa shape index (κ2) is 6.55. The summed E-state index contributed by atoms with van der Waals surface area (Å²) in [6.07, 6.45) is 3.83. The number of halogens is 2. The molecule has 1 aromatic rings. The minimum absolute atomic E-state index is 0.128. The highest BCUT2D eigenvalue weighted by Crippen LogP contribution is 2.27. The largest absolute Gasteiger partial charge is 0.381 e. The molecule has 0 spiro atoms. The molecule has 0 aliphatic carbocycles. The highest BCUT2D eigenvalue weighted by molar-refractivity contribution is 6.39. The molecular formula is C13H16Cl2N2O2. The molecule has 0 N–H and O–H groups in total. The predicted molar refractivity (Wildman–Crippen MR) is 74.8 cm³/mol. The van der Waals surface area contributed by atoms with Crippen molar-refractivity contribution in [2.45, 2.75) is 13.3 Å². The van der Waals surface area contributed by atoms with Crippen LogP contribution in [-0.2, 0) is 4.74 Å². The third-order valence-electron chi connectivity index (χ3n) is 3.20. The van der Waals surface area contributed by atoms with Crippen molar-refractivity contribution in [2.75, 3.05) is 26.3 Å². The van der Waals surface area contributed by atoms with E-state index < -0.39 is 0 Å². The molecule has 1 aromatic heterocycles. The van der Waals surface area contributed by atoms with Crippen LogP contribution in [0.3, 0.4) is 0 Å². The van der Waals surface area contributed by atoms with Crippen LogP contribution in [0.15, 0.2) is 12.4 Å². The molecule has 1 saturated heterocycles. The Labute approximate surface area is 122 Å². The first kappa shape index (κ1) is 14.6. The molecule has 1 aliphatic rings. The minimum Gasteiger partial charge on any atom is -0.381 e. The van der Waals surface area contributed by atoms with Crippen LogP contribution in [0.5, 0.6) is 0 Å². The minimum atomic E-state index is -0.128. The highest BCUT2D eigenvalue weighted by atomic mass is 35.5. The van der Waals surface area contributed by atoms with E-state index in [9.17, 15) is 4.79 Å². The fourth-order valence-corrected chi connectivity index (χ4v) is 2.74. The van der Waals surface area contributed by atoms with Crippen molar-refractivity contribution in [3.8, 4) is 0 Å². The van der Waals surface area contributed by atoms with Gasteiger partial charge in [-0.25, -0.2) is 0 Å². The van der Waals surface area contributed by atoms with Gasteiger partial charge in [-0.1, -0.05) is 23.2 Å². The Morgan fingerprint density at radius 1 is 1.47 bits per heavy atom. The Kier molecular flexibility index (Phi) is 5.02. The molecular weight excluding hydrogens is 287 g/mol. The first-order valence-corrected chi connectivity index (χ1v) is 7.05. The Morgan fingerprint density at radius 2 is 2.16 bits per heavy atom. The quantitative estimate of drug-likeness (QED) is 0.859. The summed E-state index contributed by atoms with van der Waals surface area (Å²) in [5, 5.41) is 0.594. The molecule has 0 bridgehead atoms. The summed E-state index contributed by atoms with van der Waals surface area (Å²) in [7, 11) is 0. The monoisotopic (exact) mass is 302 g/mol. The van der Waals surface area contributed by atoms with Gasteiger partial charge in [0.15, 0.2) is 0 Å². The van der Waals surface area contributed by atoms with Crippen molar-refractivity contribution in [3.63, 3.8) is 0 Å². The summed E-state index contributed by atoms with van der Waals surface area (Å²) in [5.41, 5.74) is 0.343. The van der Waals surface area contributed by atoms with Crippen molar-refractivity contribution in [3.05, 3.63) is 28.0 Å². The number of hydrogen-bond acceptors (Lipinski definition) is 3. The Hall–Kier alpha value is -0.840. The van der Waals surface area contributed by atoms with Crippen LogP contribution < -0.4 is 0 Å². The van der Waals surface area contributed by atoms with Crippen molar-refractivity contribution >= 4 is 29.1 Å². The van der Waals surface area contributed by atoms with Crippen LogP contribution >= 0.6 is 23.2 Å². The van der Waals surface area contributed by atoms with Gasteiger partial charge in [0.05, 0.1) is 22.2 Å². The summed E-state index contributed by atoms with van der Waals surface area (Å²) in [6.45, 7) is 4.76. The van der Waals surface area contributed by atoms with Gasteiger partial charge in [-0.15, -0.1) is 0 Å². The van der Waals surface area contributed by atoms with Gasteiger partial charge in [0.2, 0.25) is 0 Å². The fourth-order valence-electron chi connectivity index (χ4n) is 2.21. The zero-order chi connectivity index (χ0) is 13.8. The van der Waals surface area contributed by atoms with E-state index in [1.165, 1.54) is 12.4 Å². The Balaban J connectivity index is 2.05. The van der Waals surface area contributed by atoms with E-state index in [1.54, 1.807) is 4.90 Å². The van der Waals surface area contributed by atoms with E-state index in [4.69, 9.17) is 27.9 Å². The average Bonchev–Trinajstić information content (AvgIpc) is 2.84. The van der Waals surface area contributed by atoms with Crippen LogP contribution in [0.2, 0.25) is 10.0 Å². The van der Waals surface area contributed by atoms with Crippen LogP contribution in [0.1, 0.15) is 23.7 Å². The molecule has 1 aliphatic heterocycles. The number of carbonyl (C=O) groups is 1. The van der Waals surface area contributed by atoms with Crippen LogP contribution in [0.25, 0.3) is 0 Å². The summed E-state index contributed by atoms with van der Waals surface area (Å²) < 4.78 is 5.40. The molecule has 1 unspecified atom stereocenters. The maximum atomic E-state index is 12.4. The Bertz CT molecular complexity index is 448. The predicted octanol–water partition coefficient (Wildman–Crippen LogP) is 2.89. The standard InChI is InChI=1S/C13H16Cl2N2O2/c1-2-19-8-9-3-4-17(7-9)13(18)12-10(14)5-16-6-11(12)15/h5-6,9H,2-4,7-8H2,1H3. The zero-order valence-electron chi connectivity index (χ0n) is 10.7. The maximum absolute atomic E-state index is 12.4. The molecule has 1 fully saturated rings. The second-order valence-electron chi connectivity index (χ2n) is 4.54. The normalized spacial score (nSPS) is 18.9. The van der Waals surface area contributed by atoms with Crippen molar-refractivity contribution in [1.29, 1.82) is 0 Å². The lowest BCUT2D eigenvalue weighted by Crippen LogP contribution is -2.29. The van der Waals surface area contributed by atoms with E-state index >= 15 is 0 Å². The molecule has 1 amide bonds. The molecule has 0 radical (unpaired) electrons. The molecule has 104 valence electrons. The lowest BCUT2D eigenvalue weighted by atomic mass is 10.1. The Morgan fingerprint density at radius 3 is 2.79 bits per heavy atom. The van der Waals surface area contributed by atoms with Gasteiger partial charge in [-0.2, -0.15) is 0 Å². The van der Waals surface area contributed by atoms with E-state index in [1.807, 2.05) is 6.92 Å². The lowest BCUT2D eigenvalue weighted by molar-refractivity contribution is 0.0763.